The zero-order chi connectivity index (χ0) is 17.5. The van der Waals surface area contributed by atoms with Gasteiger partial charge in [-0.3, -0.25) is 0 Å². The van der Waals surface area contributed by atoms with Gasteiger partial charge in [-0.05, 0) is 36.5 Å². The van der Waals surface area contributed by atoms with Gasteiger partial charge in [0.05, 0.1) is 6.61 Å². The van der Waals surface area contributed by atoms with Crippen molar-refractivity contribution in [3.8, 4) is 17.1 Å². The van der Waals surface area contributed by atoms with E-state index < -0.39 is 12.6 Å². The summed E-state index contributed by atoms with van der Waals surface area (Å²) in [7, 11) is 0. The number of fused-ring (bicyclic) bond motifs is 3. The summed E-state index contributed by atoms with van der Waals surface area (Å²) in [6.45, 7) is 3.03. The van der Waals surface area contributed by atoms with E-state index >= 15 is 0 Å². The minimum Gasteiger partial charge on any atom is -0.461 e. The number of carbonyl (C=O) groups is 1. The van der Waals surface area contributed by atoms with Gasteiger partial charge in [-0.15, -0.1) is 0 Å². The fraction of sp³-hybridized carbons (Fsp3) is 0.412. The minimum atomic E-state index is -2.91. The van der Waals surface area contributed by atoms with Crippen molar-refractivity contribution in [2.45, 2.75) is 39.2 Å². The Morgan fingerprint density at radius 2 is 2.17 bits per heavy atom. The average molecular weight is 337 g/mol. The van der Waals surface area contributed by atoms with Crippen LogP contribution in [0.25, 0.3) is 11.3 Å². The molecule has 5 nitrogen and oxygen atoms in total. The standard InChI is InChI=1S/C17H17F2NO4/c1-4-22-15(21)13-11-8-17(2,3)12-6-5-9(23-16(18)19)7-10(12)14(11)24-20-13/h5-7,16H,4,8H2,1-3H3. The van der Waals surface area contributed by atoms with E-state index in [1.807, 2.05) is 13.8 Å². The summed E-state index contributed by atoms with van der Waals surface area (Å²) < 4.78 is 39.8. The smallest absolute Gasteiger partial charge is 0.387 e. The molecule has 0 amide bonds. The molecular weight excluding hydrogens is 320 g/mol. The Morgan fingerprint density at radius 3 is 2.83 bits per heavy atom. The molecule has 1 aliphatic rings. The molecule has 7 heteroatoms. The number of hydrogen-bond donors (Lipinski definition) is 0. The first-order valence-corrected chi connectivity index (χ1v) is 7.59. The van der Waals surface area contributed by atoms with Crippen molar-refractivity contribution in [3.63, 3.8) is 0 Å². The Labute approximate surface area is 137 Å². The molecular formula is C17H17F2NO4. The fourth-order valence-corrected chi connectivity index (χ4v) is 3.06. The van der Waals surface area contributed by atoms with Gasteiger partial charge in [0.15, 0.2) is 11.5 Å². The van der Waals surface area contributed by atoms with Gasteiger partial charge in [0.1, 0.15) is 5.75 Å². The van der Waals surface area contributed by atoms with E-state index in [9.17, 15) is 13.6 Å². The Morgan fingerprint density at radius 1 is 1.42 bits per heavy atom. The SMILES string of the molecule is CCOC(=O)c1noc2c1CC(C)(C)c1ccc(OC(F)F)cc1-2. The number of esters is 1. The van der Waals surface area contributed by atoms with E-state index in [1.165, 1.54) is 12.1 Å². The summed E-state index contributed by atoms with van der Waals surface area (Å²) in [5.41, 5.74) is 1.95. The topological polar surface area (TPSA) is 61.6 Å². The summed E-state index contributed by atoms with van der Waals surface area (Å²) in [4.78, 5) is 12.0. The summed E-state index contributed by atoms with van der Waals surface area (Å²) in [6.07, 6.45) is 0.530. The van der Waals surface area contributed by atoms with Crippen LogP contribution < -0.4 is 4.74 Å². The molecule has 1 aromatic heterocycles. The maximum atomic E-state index is 12.5. The number of halogens is 2. The van der Waals surface area contributed by atoms with Crippen LogP contribution in [0, 0.1) is 0 Å². The van der Waals surface area contributed by atoms with Crippen molar-refractivity contribution in [1.29, 1.82) is 0 Å². The van der Waals surface area contributed by atoms with E-state index in [0.717, 1.165) is 5.56 Å². The largest absolute Gasteiger partial charge is 0.461 e. The molecule has 1 aliphatic carbocycles. The maximum absolute atomic E-state index is 12.5. The van der Waals surface area contributed by atoms with Crippen LogP contribution in [0.4, 0.5) is 8.78 Å². The van der Waals surface area contributed by atoms with Gasteiger partial charge in [-0.1, -0.05) is 25.1 Å². The Bertz CT molecular complexity index is 783. The van der Waals surface area contributed by atoms with Crippen molar-refractivity contribution in [3.05, 3.63) is 35.0 Å². The molecule has 0 bridgehead atoms. The predicted molar refractivity (Wildman–Crippen MR) is 81.3 cm³/mol. The average Bonchev–Trinajstić information content (AvgIpc) is 2.89. The quantitative estimate of drug-likeness (QED) is 0.791. The van der Waals surface area contributed by atoms with Crippen LogP contribution in [0.5, 0.6) is 5.75 Å². The predicted octanol–water partition coefficient (Wildman–Crippen LogP) is 3.95. The van der Waals surface area contributed by atoms with E-state index in [-0.39, 0.29) is 23.5 Å². The molecule has 0 saturated carbocycles. The van der Waals surface area contributed by atoms with Gasteiger partial charge in [0, 0.05) is 11.1 Å². The first-order valence-electron chi connectivity index (χ1n) is 7.59. The van der Waals surface area contributed by atoms with E-state index in [1.54, 1.807) is 13.0 Å². The number of carbonyl (C=O) groups excluding carboxylic acids is 1. The van der Waals surface area contributed by atoms with Gasteiger partial charge in [-0.2, -0.15) is 8.78 Å². The maximum Gasteiger partial charge on any atom is 0.387 e. The molecule has 0 saturated heterocycles. The molecule has 0 aliphatic heterocycles. The lowest BCUT2D eigenvalue weighted by molar-refractivity contribution is -0.0498. The van der Waals surface area contributed by atoms with Gasteiger partial charge in [0.2, 0.25) is 0 Å². The molecule has 128 valence electrons. The summed E-state index contributed by atoms with van der Waals surface area (Å²) in [6, 6.07) is 4.73. The van der Waals surface area contributed by atoms with Crippen LogP contribution in [-0.4, -0.2) is 24.3 Å². The molecule has 1 aromatic carbocycles. The van der Waals surface area contributed by atoms with Crippen LogP contribution >= 0.6 is 0 Å². The van der Waals surface area contributed by atoms with Gasteiger partial charge >= 0.3 is 12.6 Å². The van der Waals surface area contributed by atoms with Crippen molar-refractivity contribution in [1.82, 2.24) is 5.16 Å². The molecule has 0 spiro atoms. The fourth-order valence-electron chi connectivity index (χ4n) is 3.06. The van der Waals surface area contributed by atoms with Crippen LogP contribution in [0.15, 0.2) is 22.7 Å². The van der Waals surface area contributed by atoms with Crippen molar-refractivity contribution in [2.24, 2.45) is 0 Å². The second kappa shape index (κ2) is 5.89. The number of alkyl halides is 2. The Kier molecular flexibility index (Phi) is 4.03. The number of rotatable bonds is 4. The number of ether oxygens (including phenoxy) is 2. The number of benzene rings is 1. The molecule has 2 aromatic rings. The molecule has 1 heterocycles. The zero-order valence-corrected chi connectivity index (χ0v) is 13.6. The lowest BCUT2D eigenvalue weighted by Gasteiger charge is -2.31. The van der Waals surface area contributed by atoms with E-state index in [0.29, 0.717) is 23.3 Å². The summed E-state index contributed by atoms with van der Waals surface area (Å²) in [5, 5.41) is 3.83. The van der Waals surface area contributed by atoms with Crippen molar-refractivity contribution in [2.75, 3.05) is 6.61 Å². The minimum absolute atomic E-state index is 0.0292. The molecule has 3 rings (SSSR count). The molecule has 0 N–H and O–H groups in total. The van der Waals surface area contributed by atoms with Gasteiger partial charge in [-0.25, -0.2) is 4.79 Å². The third-order valence-electron chi connectivity index (χ3n) is 4.07. The summed E-state index contributed by atoms with van der Waals surface area (Å²) in [5.74, 6) is -0.129. The van der Waals surface area contributed by atoms with Crippen molar-refractivity contribution < 1.29 is 27.6 Å². The monoisotopic (exact) mass is 337 g/mol. The highest BCUT2D eigenvalue weighted by atomic mass is 19.3. The lowest BCUT2D eigenvalue weighted by atomic mass is 9.72. The molecule has 0 fully saturated rings. The van der Waals surface area contributed by atoms with Crippen molar-refractivity contribution >= 4 is 5.97 Å². The highest BCUT2D eigenvalue weighted by Gasteiger charge is 2.37. The third kappa shape index (κ3) is 2.74. The summed E-state index contributed by atoms with van der Waals surface area (Å²) >= 11 is 0. The Hall–Kier alpha value is -2.44. The zero-order valence-electron chi connectivity index (χ0n) is 13.6. The number of hydrogen-bond acceptors (Lipinski definition) is 5. The molecule has 0 radical (unpaired) electrons. The highest BCUT2D eigenvalue weighted by Crippen LogP contribution is 2.45. The first kappa shape index (κ1) is 16.4. The van der Waals surface area contributed by atoms with Crippen LogP contribution in [0.3, 0.4) is 0 Å². The highest BCUT2D eigenvalue weighted by molar-refractivity contribution is 5.91. The van der Waals surface area contributed by atoms with E-state index in [4.69, 9.17) is 9.26 Å². The second-order valence-corrected chi connectivity index (χ2v) is 6.21. The lowest BCUT2D eigenvalue weighted by Crippen LogP contribution is -2.26. The number of nitrogens with zero attached hydrogens (tertiary/aromatic N) is 1. The first-order chi connectivity index (χ1) is 11.3. The van der Waals surface area contributed by atoms with Crippen LogP contribution in [0.1, 0.15) is 42.4 Å². The molecule has 24 heavy (non-hydrogen) atoms. The van der Waals surface area contributed by atoms with Crippen LogP contribution in [-0.2, 0) is 16.6 Å². The normalized spacial score (nSPS) is 14.9. The van der Waals surface area contributed by atoms with Crippen LogP contribution in [0.2, 0.25) is 0 Å². The Balaban J connectivity index is 2.12. The van der Waals surface area contributed by atoms with Gasteiger partial charge < -0.3 is 14.0 Å². The van der Waals surface area contributed by atoms with E-state index in [2.05, 4.69) is 9.89 Å². The number of aromatic nitrogens is 1. The second-order valence-electron chi connectivity index (χ2n) is 6.21. The molecule has 0 unspecified atom stereocenters. The molecule has 0 atom stereocenters. The van der Waals surface area contributed by atoms with Gasteiger partial charge in [0.25, 0.3) is 0 Å². The third-order valence-corrected chi connectivity index (χ3v) is 4.07.